The van der Waals surface area contributed by atoms with Crippen molar-refractivity contribution in [1.82, 2.24) is 15.5 Å². The number of aromatic nitrogens is 2. The first kappa shape index (κ1) is 15.9. The van der Waals surface area contributed by atoms with E-state index in [4.69, 9.17) is 4.74 Å². The van der Waals surface area contributed by atoms with E-state index in [1.807, 2.05) is 12.1 Å². The number of methoxy groups -OCH3 is 1. The molecule has 0 saturated carbocycles. The topological polar surface area (TPSA) is 47.0 Å². The van der Waals surface area contributed by atoms with E-state index in [1.165, 1.54) is 5.56 Å². The first-order chi connectivity index (χ1) is 9.96. The van der Waals surface area contributed by atoms with Crippen molar-refractivity contribution < 1.29 is 4.74 Å². The lowest BCUT2D eigenvalue weighted by atomic mass is 10.1. The van der Waals surface area contributed by atoms with E-state index in [0.717, 1.165) is 35.2 Å². The molecule has 1 N–H and O–H groups in total. The van der Waals surface area contributed by atoms with Gasteiger partial charge in [-0.15, -0.1) is 21.5 Å². The van der Waals surface area contributed by atoms with Crippen LogP contribution in [0, 0.1) is 0 Å². The Balaban J connectivity index is 1.84. The molecule has 0 aliphatic rings. The average Bonchev–Trinajstić information content (AvgIpc) is 2.91. The maximum atomic E-state index is 5.16. The molecule has 2 aromatic rings. The fraction of sp³-hybridized carbons (Fsp3) is 0.500. The summed E-state index contributed by atoms with van der Waals surface area (Å²) >= 11 is 1.69. The molecule has 114 valence electrons. The molecule has 0 saturated heterocycles. The minimum Gasteiger partial charge on any atom is -0.497 e. The molecule has 1 heterocycles. The quantitative estimate of drug-likeness (QED) is 0.890. The van der Waals surface area contributed by atoms with Crippen LogP contribution in [0.5, 0.6) is 5.75 Å². The van der Waals surface area contributed by atoms with Crippen molar-refractivity contribution in [2.24, 2.45) is 0 Å². The van der Waals surface area contributed by atoms with Gasteiger partial charge >= 0.3 is 0 Å². The van der Waals surface area contributed by atoms with Crippen LogP contribution in [-0.2, 0) is 19.4 Å². The van der Waals surface area contributed by atoms with Gasteiger partial charge in [0.15, 0.2) is 0 Å². The standard InChI is InChI=1S/C16H23N3OS/c1-16(2,3)17-11-15-19-18-14(21-15)10-7-12-5-8-13(20-4)9-6-12/h5-6,8-9,17H,7,10-11H2,1-4H3. The van der Waals surface area contributed by atoms with Gasteiger partial charge in [-0.3, -0.25) is 0 Å². The van der Waals surface area contributed by atoms with Gasteiger partial charge in [0.05, 0.1) is 13.7 Å². The minimum absolute atomic E-state index is 0.106. The van der Waals surface area contributed by atoms with E-state index >= 15 is 0 Å². The van der Waals surface area contributed by atoms with Gasteiger partial charge in [-0.2, -0.15) is 0 Å². The number of benzene rings is 1. The lowest BCUT2D eigenvalue weighted by Crippen LogP contribution is -2.35. The second-order valence-corrected chi connectivity index (χ2v) is 7.19. The summed E-state index contributed by atoms with van der Waals surface area (Å²) in [5, 5.41) is 14.1. The Morgan fingerprint density at radius 3 is 2.33 bits per heavy atom. The van der Waals surface area contributed by atoms with E-state index in [2.05, 4.69) is 48.4 Å². The highest BCUT2D eigenvalue weighted by Crippen LogP contribution is 2.16. The number of hydrogen-bond donors (Lipinski definition) is 1. The second-order valence-electron chi connectivity index (χ2n) is 6.04. The molecule has 0 atom stereocenters. The zero-order chi connectivity index (χ0) is 15.3. The highest BCUT2D eigenvalue weighted by Gasteiger charge is 2.11. The van der Waals surface area contributed by atoms with E-state index in [0.29, 0.717) is 0 Å². The summed E-state index contributed by atoms with van der Waals surface area (Å²) in [5.74, 6) is 0.894. The summed E-state index contributed by atoms with van der Waals surface area (Å²) in [6.07, 6.45) is 1.91. The molecule has 0 spiro atoms. The van der Waals surface area contributed by atoms with E-state index < -0.39 is 0 Å². The molecule has 2 rings (SSSR count). The van der Waals surface area contributed by atoms with Gasteiger partial charge in [0.1, 0.15) is 15.8 Å². The molecule has 0 aliphatic heterocycles. The number of nitrogens with one attached hydrogen (secondary N) is 1. The van der Waals surface area contributed by atoms with Crippen LogP contribution >= 0.6 is 11.3 Å². The number of aryl methyl sites for hydroxylation is 2. The summed E-state index contributed by atoms with van der Waals surface area (Å²) < 4.78 is 5.16. The smallest absolute Gasteiger partial charge is 0.131 e. The molecule has 5 heteroatoms. The highest BCUT2D eigenvalue weighted by molar-refractivity contribution is 7.11. The molecule has 4 nitrogen and oxygen atoms in total. The SMILES string of the molecule is COc1ccc(CCc2nnc(CNC(C)(C)C)s2)cc1. The maximum absolute atomic E-state index is 5.16. The number of rotatable bonds is 6. The predicted octanol–water partition coefficient (Wildman–Crippen LogP) is 3.22. The van der Waals surface area contributed by atoms with Gasteiger partial charge in [-0.1, -0.05) is 12.1 Å². The normalized spacial score (nSPS) is 11.6. The summed E-state index contributed by atoms with van der Waals surface area (Å²) in [5.41, 5.74) is 1.40. The molecular weight excluding hydrogens is 282 g/mol. The van der Waals surface area contributed by atoms with E-state index in [1.54, 1.807) is 18.4 Å². The van der Waals surface area contributed by atoms with E-state index in [9.17, 15) is 0 Å². The Morgan fingerprint density at radius 2 is 1.71 bits per heavy atom. The first-order valence-corrected chi connectivity index (χ1v) is 7.97. The number of ether oxygens (including phenoxy) is 1. The van der Waals surface area contributed by atoms with Crippen molar-refractivity contribution >= 4 is 11.3 Å². The maximum Gasteiger partial charge on any atom is 0.131 e. The monoisotopic (exact) mass is 305 g/mol. The molecule has 1 aromatic carbocycles. The van der Waals surface area contributed by atoms with Gasteiger partial charge < -0.3 is 10.1 Å². The van der Waals surface area contributed by atoms with Crippen molar-refractivity contribution in [2.75, 3.05) is 7.11 Å². The average molecular weight is 305 g/mol. The van der Waals surface area contributed by atoms with Crippen LogP contribution in [0.4, 0.5) is 0 Å². The van der Waals surface area contributed by atoms with Crippen LogP contribution in [0.25, 0.3) is 0 Å². The minimum atomic E-state index is 0.106. The number of hydrogen-bond acceptors (Lipinski definition) is 5. The Bertz CT molecular complexity index is 558. The first-order valence-electron chi connectivity index (χ1n) is 7.15. The molecule has 0 fully saturated rings. The predicted molar refractivity (Wildman–Crippen MR) is 86.9 cm³/mol. The van der Waals surface area contributed by atoms with Crippen LogP contribution in [0.2, 0.25) is 0 Å². The Hall–Kier alpha value is -1.46. The lowest BCUT2D eigenvalue weighted by Gasteiger charge is -2.19. The van der Waals surface area contributed by atoms with Crippen molar-refractivity contribution in [3.63, 3.8) is 0 Å². The third kappa shape index (κ3) is 5.44. The molecule has 0 unspecified atom stereocenters. The van der Waals surface area contributed by atoms with Crippen LogP contribution in [0.15, 0.2) is 24.3 Å². The Labute approximate surface area is 130 Å². The fourth-order valence-corrected chi connectivity index (χ4v) is 2.63. The van der Waals surface area contributed by atoms with Gasteiger partial charge in [0.2, 0.25) is 0 Å². The van der Waals surface area contributed by atoms with Crippen LogP contribution in [-0.4, -0.2) is 22.8 Å². The molecule has 0 amide bonds. The molecule has 1 aromatic heterocycles. The third-order valence-corrected chi connectivity index (χ3v) is 4.05. The van der Waals surface area contributed by atoms with Crippen LogP contribution < -0.4 is 10.1 Å². The van der Waals surface area contributed by atoms with Gasteiger partial charge in [0, 0.05) is 12.0 Å². The third-order valence-electron chi connectivity index (χ3n) is 3.07. The van der Waals surface area contributed by atoms with Crippen molar-refractivity contribution in [2.45, 2.75) is 45.7 Å². The zero-order valence-electron chi connectivity index (χ0n) is 13.1. The summed E-state index contributed by atoms with van der Waals surface area (Å²) in [6, 6.07) is 8.19. The zero-order valence-corrected chi connectivity index (χ0v) is 14.0. The largest absolute Gasteiger partial charge is 0.497 e. The molecule has 0 aliphatic carbocycles. The summed E-state index contributed by atoms with van der Waals surface area (Å²) in [4.78, 5) is 0. The lowest BCUT2D eigenvalue weighted by molar-refractivity contribution is 0.414. The molecule has 0 radical (unpaired) electrons. The van der Waals surface area contributed by atoms with Crippen molar-refractivity contribution in [3.05, 3.63) is 39.8 Å². The number of nitrogens with zero attached hydrogens (tertiary/aromatic N) is 2. The van der Waals surface area contributed by atoms with Gasteiger partial charge in [0.25, 0.3) is 0 Å². The highest BCUT2D eigenvalue weighted by atomic mass is 32.1. The summed E-state index contributed by atoms with van der Waals surface area (Å²) in [6.45, 7) is 7.24. The molecule has 0 bridgehead atoms. The molecule has 21 heavy (non-hydrogen) atoms. The van der Waals surface area contributed by atoms with Crippen LogP contribution in [0.3, 0.4) is 0 Å². The van der Waals surface area contributed by atoms with Gasteiger partial charge in [-0.25, -0.2) is 0 Å². The van der Waals surface area contributed by atoms with E-state index in [-0.39, 0.29) is 5.54 Å². The van der Waals surface area contributed by atoms with Crippen LogP contribution in [0.1, 0.15) is 36.3 Å². The van der Waals surface area contributed by atoms with Crippen molar-refractivity contribution in [1.29, 1.82) is 0 Å². The Kier molecular flexibility index (Phi) is 5.31. The van der Waals surface area contributed by atoms with Gasteiger partial charge in [-0.05, 0) is 44.9 Å². The van der Waals surface area contributed by atoms with Crippen molar-refractivity contribution in [3.8, 4) is 5.75 Å². The second kappa shape index (κ2) is 7.00. The summed E-state index contributed by atoms with van der Waals surface area (Å²) in [7, 11) is 1.68. The Morgan fingerprint density at radius 1 is 1.05 bits per heavy atom. The molecular formula is C16H23N3OS. The fourth-order valence-electron chi connectivity index (χ4n) is 1.85.